The molecule has 1 aliphatic rings. The van der Waals surface area contributed by atoms with Gasteiger partial charge in [0.1, 0.15) is 12.0 Å². The van der Waals surface area contributed by atoms with Gasteiger partial charge in [-0.3, -0.25) is 4.68 Å². The van der Waals surface area contributed by atoms with Gasteiger partial charge in [0, 0.05) is 36.4 Å². The zero-order chi connectivity index (χ0) is 30.5. The molecular weight excluding hydrogens is 591 g/mol. The smallest absolute Gasteiger partial charge is 0.475 e. The second-order valence-electron chi connectivity index (χ2n) is 8.81. The fourth-order valence-electron chi connectivity index (χ4n) is 4.15. The van der Waals surface area contributed by atoms with Crippen molar-refractivity contribution in [2.24, 2.45) is 0 Å². The molecule has 0 saturated carbocycles. The number of halogens is 5. The highest BCUT2D eigenvalue weighted by Crippen LogP contribution is 2.30. The lowest BCUT2D eigenvalue weighted by Crippen LogP contribution is -2.40. The monoisotopic (exact) mass is 614 g/mol. The molecule has 2 N–H and O–H groups in total. The van der Waals surface area contributed by atoms with E-state index >= 15 is 0 Å². The van der Waals surface area contributed by atoms with Crippen molar-refractivity contribution in [2.75, 3.05) is 26.3 Å². The highest BCUT2D eigenvalue weighted by Gasteiger charge is 2.38. The van der Waals surface area contributed by atoms with Gasteiger partial charge in [0.05, 0.1) is 36.0 Å². The van der Waals surface area contributed by atoms with Gasteiger partial charge in [-0.1, -0.05) is 12.1 Å². The number of allylic oxidation sites excluding steroid dienone is 1. The SMILES string of the molecule is O=C(O)C(F)(F)F.O=S(=O)(c1cccc(C(CC=C(F)F)n2cc(-c3ncnc4[nH]ccc34)cn2)c1)N1CCOCC1. The van der Waals surface area contributed by atoms with Crippen LogP contribution in [0.5, 0.6) is 0 Å². The van der Waals surface area contributed by atoms with E-state index in [0.717, 1.165) is 11.5 Å². The lowest BCUT2D eigenvalue weighted by atomic mass is 10.0. The summed E-state index contributed by atoms with van der Waals surface area (Å²) >= 11 is 0. The molecule has 1 atom stereocenters. The number of morpholine rings is 1. The minimum absolute atomic E-state index is 0.0755. The van der Waals surface area contributed by atoms with Crippen LogP contribution < -0.4 is 0 Å². The van der Waals surface area contributed by atoms with Crippen LogP contribution in [0.3, 0.4) is 0 Å². The molecule has 4 aromatic rings. The summed E-state index contributed by atoms with van der Waals surface area (Å²) in [5, 5.41) is 12.3. The van der Waals surface area contributed by atoms with Crippen LogP contribution in [-0.4, -0.2) is 81.0 Å². The van der Waals surface area contributed by atoms with Gasteiger partial charge in [0.25, 0.3) is 6.08 Å². The Kier molecular flexibility index (Phi) is 9.33. The van der Waals surface area contributed by atoms with Crippen molar-refractivity contribution in [1.82, 2.24) is 29.0 Å². The average molecular weight is 615 g/mol. The Labute approximate surface area is 235 Å². The summed E-state index contributed by atoms with van der Waals surface area (Å²) in [7, 11) is -3.75. The van der Waals surface area contributed by atoms with E-state index in [1.807, 2.05) is 6.07 Å². The standard InChI is InChI=1S/C23H22F2N6O3S.C2HF3O2/c24-21(25)5-4-20(16-2-1-3-18(12-16)35(32,33)30-8-10-34-11-9-30)31-14-17(13-29-31)22-19-6-7-26-23(19)28-15-27-22;3-2(4,5)1(6)7/h1-3,5-7,12-15,20H,4,8-11H2,(H,26,27,28);(H,6,7). The first kappa shape index (κ1) is 30.7. The number of alkyl halides is 3. The molecular formula is C25H23F5N6O5S. The molecule has 11 nitrogen and oxygen atoms in total. The van der Waals surface area contributed by atoms with E-state index < -0.39 is 34.3 Å². The number of fused-ring (bicyclic) bond motifs is 1. The van der Waals surface area contributed by atoms with Gasteiger partial charge in [-0.05, 0) is 36.3 Å². The summed E-state index contributed by atoms with van der Waals surface area (Å²) in [6.45, 7) is 1.19. The Bertz CT molecular complexity index is 1680. The second-order valence-corrected chi connectivity index (χ2v) is 10.7. The molecule has 4 heterocycles. The number of nitrogens with one attached hydrogen (secondary N) is 1. The first-order chi connectivity index (χ1) is 19.9. The predicted molar refractivity (Wildman–Crippen MR) is 138 cm³/mol. The van der Waals surface area contributed by atoms with Crippen LogP contribution >= 0.6 is 0 Å². The summed E-state index contributed by atoms with van der Waals surface area (Å²) in [6.07, 6.45) is 0.343. The van der Waals surface area contributed by atoms with Crippen molar-refractivity contribution < 1.29 is 45.0 Å². The van der Waals surface area contributed by atoms with Gasteiger partial charge in [-0.15, -0.1) is 0 Å². The largest absolute Gasteiger partial charge is 0.490 e. The Morgan fingerprint density at radius 1 is 1.17 bits per heavy atom. The van der Waals surface area contributed by atoms with Crippen LogP contribution in [0.1, 0.15) is 18.0 Å². The predicted octanol–water partition coefficient (Wildman–Crippen LogP) is 4.24. The molecule has 0 aliphatic carbocycles. The molecule has 3 aromatic heterocycles. The summed E-state index contributed by atoms with van der Waals surface area (Å²) in [6, 6.07) is 7.55. The summed E-state index contributed by atoms with van der Waals surface area (Å²) in [5.74, 6) is -2.76. The second kappa shape index (κ2) is 12.7. The average Bonchev–Trinajstić information content (AvgIpc) is 3.64. The molecule has 1 aliphatic heterocycles. The van der Waals surface area contributed by atoms with Gasteiger partial charge in [-0.2, -0.15) is 31.4 Å². The molecule has 0 spiro atoms. The van der Waals surface area contributed by atoms with E-state index in [9.17, 15) is 30.4 Å². The molecule has 224 valence electrons. The third-order valence-electron chi connectivity index (χ3n) is 6.14. The number of nitrogens with zero attached hydrogens (tertiary/aromatic N) is 5. The number of aromatic nitrogens is 5. The molecule has 0 amide bonds. The fraction of sp³-hybridized carbons (Fsp3) is 0.280. The minimum atomic E-state index is -5.08. The number of rotatable bonds is 7. The maximum atomic E-state index is 13.2. The van der Waals surface area contributed by atoms with Crippen molar-refractivity contribution in [2.45, 2.75) is 23.5 Å². The number of sulfonamides is 1. The van der Waals surface area contributed by atoms with E-state index in [1.54, 1.807) is 35.4 Å². The Hall–Kier alpha value is -4.22. The van der Waals surface area contributed by atoms with Crippen molar-refractivity contribution in [1.29, 1.82) is 0 Å². The number of aliphatic carboxylic acids is 1. The normalized spacial score (nSPS) is 15.1. The molecule has 1 saturated heterocycles. The molecule has 42 heavy (non-hydrogen) atoms. The molecule has 0 bridgehead atoms. The Morgan fingerprint density at radius 3 is 2.55 bits per heavy atom. The van der Waals surface area contributed by atoms with E-state index in [0.29, 0.717) is 35.7 Å². The summed E-state index contributed by atoms with van der Waals surface area (Å²) in [5.41, 5.74) is 2.55. The van der Waals surface area contributed by atoms with E-state index in [2.05, 4.69) is 20.1 Å². The number of carbonyl (C=O) groups is 1. The van der Waals surface area contributed by atoms with Crippen LogP contribution in [0.2, 0.25) is 0 Å². The number of hydrogen-bond acceptors (Lipinski definition) is 7. The Morgan fingerprint density at radius 2 is 1.88 bits per heavy atom. The van der Waals surface area contributed by atoms with E-state index in [4.69, 9.17) is 14.6 Å². The summed E-state index contributed by atoms with van der Waals surface area (Å²) < 4.78 is 92.3. The van der Waals surface area contributed by atoms with Crippen LogP contribution in [0.25, 0.3) is 22.3 Å². The topological polar surface area (TPSA) is 143 Å². The number of ether oxygens (including phenoxy) is 1. The summed E-state index contributed by atoms with van der Waals surface area (Å²) in [4.78, 5) is 20.6. The maximum Gasteiger partial charge on any atom is 0.490 e. The molecule has 0 radical (unpaired) electrons. The quantitative estimate of drug-likeness (QED) is 0.295. The first-order valence-corrected chi connectivity index (χ1v) is 13.6. The lowest BCUT2D eigenvalue weighted by Gasteiger charge is -2.26. The third-order valence-corrected chi connectivity index (χ3v) is 8.03. The highest BCUT2D eigenvalue weighted by atomic mass is 32.2. The zero-order valence-corrected chi connectivity index (χ0v) is 22.3. The van der Waals surface area contributed by atoms with E-state index in [1.165, 1.54) is 22.8 Å². The molecule has 17 heteroatoms. The number of H-pyrrole nitrogens is 1. The van der Waals surface area contributed by atoms with Crippen molar-refractivity contribution in [3.63, 3.8) is 0 Å². The maximum absolute atomic E-state index is 13.2. The zero-order valence-electron chi connectivity index (χ0n) is 21.5. The molecule has 1 fully saturated rings. The number of aromatic amines is 1. The van der Waals surface area contributed by atoms with Crippen LogP contribution in [0, 0.1) is 0 Å². The van der Waals surface area contributed by atoms with Crippen LogP contribution in [-0.2, 0) is 19.6 Å². The number of benzene rings is 1. The van der Waals surface area contributed by atoms with E-state index in [-0.39, 0.29) is 24.4 Å². The van der Waals surface area contributed by atoms with Gasteiger partial charge in [-0.25, -0.2) is 23.2 Å². The Balaban J connectivity index is 0.000000517. The molecule has 1 unspecified atom stereocenters. The van der Waals surface area contributed by atoms with Crippen molar-refractivity contribution >= 4 is 27.0 Å². The van der Waals surface area contributed by atoms with Crippen LogP contribution in [0.4, 0.5) is 22.0 Å². The molecule has 1 aromatic carbocycles. The lowest BCUT2D eigenvalue weighted by molar-refractivity contribution is -0.192. The van der Waals surface area contributed by atoms with Gasteiger partial charge in [0.15, 0.2) is 0 Å². The van der Waals surface area contributed by atoms with Crippen molar-refractivity contribution in [3.05, 3.63) is 73.0 Å². The van der Waals surface area contributed by atoms with Gasteiger partial charge < -0.3 is 14.8 Å². The van der Waals surface area contributed by atoms with Gasteiger partial charge >= 0.3 is 12.1 Å². The van der Waals surface area contributed by atoms with Crippen molar-refractivity contribution in [3.8, 4) is 11.3 Å². The molecule has 5 rings (SSSR count). The van der Waals surface area contributed by atoms with Crippen LogP contribution in [0.15, 0.2) is 72.3 Å². The highest BCUT2D eigenvalue weighted by molar-refractivity contribution is 7.89. The minimum Gasteiger partial charge on any atom is -0.475 e. The fourth-order valence-corrected chi connectivity index (χ4v) is 5.61. The number of carboxylic acid groups (broad SMARTS) is 1. The number of hydrogen-bond donors (Lipinski definition) is 2. The third kappa shape index (κ3) is 7.15. The van der Waals surface area contributed by atoms with Gasteiger partial charge in [0.2, 0.25) is 10.0 Å². The number of carboxylic acids is 1. The first-order valence-electron chi connectivity index (χ1n) is 12.2.